The number of ether oxygens (including phenoxy) is 1. The Labute approximate surface area is 266 Å². The average Bonchev–Trinajstić information content (AvgIpc) is 2.93. The summed E-state index contributed by atoms with van der Waals surface area (Å²) in [6.07, 6.45) is 1.96. The minimum atomic E-state index is -4.49. The fourth-order valence-corrected chi connectivity index (χ4v) is 3.22. The Morgan fingerprint density at radius 3 is 2.41 bits per heavy atom. The summed E-state index contributed by atoms with van der Waals surface area (Å²) >= 11 is 0. The smallest absolute Gasteiger partial charge is 0.548 e. The first-order valence-corrected chi connectivity index (χ1v) is 13.1. The number of hydrogen-bond acceptors (Lipinski definition) is 7. The second-order valence-corrected chi connectivity index (χ2v) is 9.10. The van der Waals surface area contributed by atoms with Gasteiger partial charge in [0.25, 0.3) is 0 Å². The number of allylic oxidation sites excluding steroid dienone is 2. The summed E-state index contributed by atoms with van der Waals surface area (Å²) in [4.78, 5) is 18.9. The molecule has 0 saturated carbocycles. The molecule has 224 valence electrons. The van der Waals surface area contributed by atoms with Gasteiger partial charge in [-0.25, -0.2) is 0 Å². The van der Waals surface area contributed by atoms with Crippen LogP contribution >= 0.6 is 0 Å². The van der Waals surface area contributed by atoms with E-state index in [4.69, 9.17) is 10.00 Å². The fraction of sp³-hybridized carbons (Fsp3) is 0.517. The minimum absolute atomic E-state index is 0. The molecular weight excluding hydrogens is 544 g/mol. The summed E-state index contributed by atoms with van der Waals surface area (Å²) in [6.45, 7) is 17.5. The van der Waals surface area contributed by atoms with Gasteiger partial charge in [0.05, 0.1) is 30.5 Å². The van der Waals surface area contributed by atoms with Crippen molar-refractivity contribution < 1.29 is 52.3 Å². The summed E-state index contributed by atoms with van der Waals surface area (Å²) in [7, 11) is 5.07. The maximum atomic E-state index is 12.6. The van der Waals surface area contributed by atoms with Crippen LogP contribution in [0, 0.1) is 38.1 Å². The van der Waals surface area contributed by atoms with Crippen molar-refractivity contribution in [3.05, 3.63) is 67.1 Å². The SMILES string of the molecule is C=C1NN=CC(N([CH2-])C[CH2-])=C1C(F)(F)F.CCCN(CCC(C)CC)C(=O)CCOC.Cc1ccc(C#N)cn1.[Na+]. The summed E-state index contributed by atoms with van der Waals surface area (Å²) in [5.41, 5.74) is 2.43. The van der Waals surface area contributed by atoms with E-state index in [2.05, 4.69) is 56.8 Å². The van der Waals surface area contributed by atoms with E-state index in [1.54, 1.807) is 19.4 Å². The number of hydrazone groups is 1. The van der Waals surface area contributed by atoms with Gasteiger partial charge < -0.3 is 21.5 Å². The molecule has 1 aliphatic heterocycles. The zero-order valence-corrected chi connectivity index (χ0v) is 27.4. The molecule has 8 nitrogen and oxygen atoms in total. The van der Waals surface area contributed by atoms with Gasteiger partial charge >= 0.3 is 35.7 Å². The summed E-state index contributed by atoms with van der Waals surface area (Å²) in [5, 5.41) is 11.9. The summed E-state index contributed by atoms with van der Waals surface area (Å²) < 4.78 is 42.9. The quantitative estimate of drug-likeness (QED) is 0.316. The second kappa shape index (κ2) is 22.2. The van der Waals surface area contributed by atoms with Gasteiger partial charge in [-0.15, -0.1) is 6.54 Å². The van der Waals surface area contributed by atoms with Crippen molar-refractivity contribution in [3.63, 3.8) is 0 Å². The number of nitrogens with one attached hydrogen (secondary N) is 1. The molecular formula is C29H43F3N6NaO2-. The van der Waals surface area contributed by atoms with Gasteiger partial charge in [0.15, 0.2) is 0 Å². The van der Waals surface area contributed by atoms with Crippen LogP contribution in [0.1, 0.15) is 57.7 Å². The number of halogens is 3. The van der Waals surface area contributed by atoms with Crippen LogP contribution in [-0.4, -0.2) is 66.4 Å². The zero-order valence-electron chi connectivity index (χ0n) is 25.4. The third-order valence-electron chi connectivity index (χ3n) is 5.83. The van der Waals surface area contributed by atoms with Gasteiger partial charge in [0.1, 0.15) is 11.6 Å². The maximum absolute atomic E-state index is 12.6. The van der Waals surface area contributed by atoms with Gasteiger partial charge in [-0.05, 0) is 37.8 Å². The normalized spacial score (nSPS) is 12.9. The largest absolute Gasteiger partial charge is 1.00 e. The van der Waals surface area contributed by atoms with Crippen LogP contribution in [0.2, 0.25) is 0 Å². The Hall–Kier alpha value is -2.39. The van der Waals surface area contributed by atoms with Crippen LogP contribution in [-0.2, 0) is 9.53 Å². The molecule has 0 aromatic carbocycles. The molecule has 0 bridgehead atoms. The molecule has 1 aliphatic rings. The third kappa shape index (κ3) is 16.6. The van der Waals surface area contributed by atoms with Crippen LogP contribution in [0.15, 0.2) is 47.0 Å². The van der Waals surface area contributed by atoms with Gasteiger partial charge in [-0.3, -0.25) is 22.3 Å². The average molecular weight is 588 g/mol. The first kappa shape index (κ1) is 40.7. The van der Waals surface area contributed by atoms with E-state index in [0.717, 1.165) is 42.7 Å². The molecule has 1 amide bonds. The van der Waals surface area contributed by atoms with E-state index in [1.165, 1.54) is 6.42 Å². The number of amides is 1. The number of alkyl halides is 3. The maximum Gasteiger partial charge on any atom is 1.00 e. The number of pyridine rings is 1. The Bertz CT molecular complexity index is 1010. The number of hydrogen-bond donors (Lipinski definition) is 1. The molecule has 1 aromatic heterocycles. The molecule has 2 heterocycles. The number of carbonyl (C=O) groups excluding carboxylic acids is 1. The van der Waals surface area contributed by atoms with E-state index >= 15 is 0 Å². The molecule has 1 atom stereocenters. The van der Waals surface area contributed by atoms with Crippen LogP contribution in [0.25, 0.3) is 0 Å². The van der Waals surface area contributed by atoms with Gasteiger partial charge in [0.2, 0.25) is 5.91 Å². The number of aryl methyl sites for hydroxylation is 1. The summed E-state index contributed by atoms with van der Waals surface area (Å²) in [5.74, 6) is 0.932. The Morgan fingerprint density at radius 1 is 1.29 bits per heavy atom. The van der Waals surface area contributed by atoms with E-state index in [-0.39, 0.29) is 53.4 Å². The standard InChI is InChI=1S/C13H27NO2.C9H10F3N3.C7H6N2.Na/c1-5-9-14(10-7-12(3)6-2)13(15)8-11-16-4;1-4-15(3)7-5-13-14-6(2)8(7)9(10,11)12;1-6-2-3-7(4-8)5-9-6;/h12H,5-11H2,1-4H3;5,14H,1-4H2;2-3,5H,1H3;/q;-2;;+1. The van der Waals surface area contributed by atoms with Gasteiger partial charge in [-0.2, -0.15) is 23.5 Å². The predicted molar refractivity (Wildman–Crippen MR) is 152 cm³/mol. The van der Waals surface area contributed by atoms with E-state index in [1.807, 2.05) is 24.0 Å². The van der Waals surface area contributed by atoms with E-state index in [9.17, 15) is 18.0 Å². The van der Waals surface area contributed by atoms with Crippen molar-refractivity contribution in [1.82, 2.24) is 20.2 Å². The molecule has 0 spiro atoms. The molecule has 41 heavy (non-hydrogen) atoms. The molecule has 0 radical (unpaired) electrons. The van der Waals surface area contributed by atoms with Crippen LogP contribution in [0.4, 0.5) is 13.2 Å². The van der Waals surface area contributed by atoms with Crippen LogP contribution in [0.3, 0.4) is 0 Å². The number of carbonyl (C=O) groups is 1. The summed E-state index contributed by atoms with van der Waals surface area (Å²) in [6, 6.07) is 5.56. The number of nitriles is 1. The van der Waals surface area contributed by atoms with Crippen LogP contribution < -0.4 is 35.0 Å². The zero-order chi connectivity index (χ0) is 30.7. The predicted octanol–water partition coefficient (Wildman–Crippen LogP) is 2.80. The van der Waals surface area contributed by atoms with Gasteiger partial charge in [-0.1, -0.05) is 33.8 Å². The third-order valence-corrected chi connectivity index (χ3v) is 5.83. The van der Waals surface area contributed by atoms with Crippen molar-refractivity contribution >= 4 is 12.1 Å². The fourth-order valence-electron chi connectivity index (χ4n) is 3.22. The molecule has 1 unspecified atom stereocenters. The molecule has 0 aliphatic carbocycles. The first-order valence-electron chi connectivity index (χ1n) is 13.1. The van der Waals surface area contributed by atoms with Crippen molar-refractivity contribution in [2.75, 3.05) is 33.4 Å². The van der Waals surface area contributed by atoms with E-state index < -0.39 is 11.7 Å². The topological polar surface area (TPSA) is 93.9 Å². The number of nitrogens with zero attached hydrogens (tertiary/aromatic N) is 5. The number of methoxy groups -OCH3 is 1. The molecule has 0 fully saturated rings. The minimum Gasteiger partial charge on any atom is -0.548 e. The van der Waals surface area contributed by atoms with Gasteiger partial charge in [0, 0.05) is 37.8 Å². The molecule has 12 heteroatoms. The molecule has 1 aromatic rings. The monoisotopic (exact) mass is 587 g/mol. The number of rotatable bonds is 11. The Balaban J connectivity index is 0. The van der Waals surface area contributed by atoms with Crippen molar-refractivity contribution in [2.45, 2.75) is 59.6 Å². The molecule has 1 N–H and O–H groups in total. The Kier molecular flexibility index (Phi) is 22.1. The van der Waals surface area contributed by atoms with Crippen molar-refractivity contribution in [3.8, 4) is 6.07 Å². The van der Waals surface area contributed by atoms with Crippen molar-refractivity contribution in [2.24, 2.45) is 11.0 Å². The van der Waals surface area contributed by atoms with Crippen molar-refractivity contribution in [1.29, 1.82) is 5.26 Å². The first-order chi connectivity index (χ1) is 18.9. The molecule has 0 saturated heterocycles. The Morgan fingerprint density at radius 2 is 1.95 bits per heavy atom. The molecule has 2 rings (SSSR count). The van der Waals surface area contributed by atoms with E-state index in [0.29, 0.717) is 24.5 Å². The number of aromatic nitrogens is 1. The second-order valence-electron chi connectivity index (χ2n) is 9.10. The van der Waals surface area contributed by atoms with Crippen LogP contribution in [0.5, 0.6) is 0 Å².